The van der Waals surface area contributed by atoms with Gasteiger partial charge >= 0.3 is 0 Å². The van der Waals surface area contributed by atoms with E-state index >= 15 is 0 Å². The van der Waals surface area contributed by atoms with Crippen molar-refractivity contribution in [1.82, 2.24) is 9.78 Å². The molecule has 1 aromatic carbocycles. The molecule has 1 aromatic heterocycles. The van der Waals surface area contributed by atoms with Crippen LogP contribution >= 0.6 is 0 Å². The summed E-state index contributed by atoms with van der Waals surface area (Å²) < 4.78 is 7.66. The van der Waals surface area contributed by atoms with Crippen molar-refractivity contribution in [2.75, 3.05) is 5.32 Å². The molecule has 0 aliphatic heterocycles. The van der Waals surface area contributed by atoms with Crippen LogP contribution in [0.25, 0.3) is 6.20 Å². The molecular formula is C17H21N3O. The van der Waals surface area contributed by atoms with Crippen LogP contribution in [0.1, 0.15) is 31.2 Å². The first kappa shape index (κ1) is 13.7. The van der Waals surface area contributed by atoms with E-state index in [2.05, 4.69) is 29.1 Å². The number of aromatic nitrogens is 2. The van der Waals surface area contributed by atoms with E-state index in [-0.39, 0.29) is 0 Å². The maximum atomic E-state index is 5.96. The zero-order valence-corrected chi connectivity index (χ0v) is 12.2. The first-order valence-electron chi connectivity index (χ1n) is 7.49. The predicted octanol–water partition coefficient (Wildman–Crippen LogP) is 3.92. The minimum absolute atomic E-state index is 0.411. The average molecular weight is 283 g/mol. The number of hydrogen-bond acceptors (Lipinski definition) is 3. The number of ether oxygens (including phenoxy) is 1. The normalized spacial score (nSPS) is 15.0. The SMILES string of the molecule is C=Cn1cc(CNc2ccc(OC3CCCC3)cc2)cn1. The molecule has 1 aliphatic carbocycles. The van der Waals surface area contributed by atoms with Gasteiger partial charge in [0, 0.05) is 30.2 Å². The summed E-state index contributed by atoms with van der Waals surface area (Å²) >= 11 is 0. The third kappa shape index (κ3) is 3.66. The molecule has 110 valence electrons. The Labute approximate surface area is 125 Å². The van der Waals surface area contributed by atoms with Crippen LogP contribution in [-0.4, -0.2) is 15.9 Å². The highest BCUT2D eigenvalue weighted by Gasteiger charge is 2.16. The average Bonchev–Trinajstić information content (AvgIpc) is 3.18. The van der Waals surface area contributed by atoms with E-state index < -0.39 is 0 Å². The first-order chi connectivity index (χ1) is 10.3. The summed E-state index contributed by atoms with van der Waals surface area (Å²) in [4.78, 5) is 0. The number of anilines is 1. The summed E-state index contributed by atoms with van der Waals surface area (Å²) in [5.74, 6) is 0.965. The molecule has 1 aliphatic rings. The number of nitrogens with one attached hydrogen (secondary N) is 1. The van der Waals surface area contributed by atoms with Crippen molar-refractivity contribution < 1.29 is 4.74 Å². The van der Waals surface area contributed by atoms with Gasteiger partial charge in [-0.3, -0.25) is 0 Å². The Kier molecular flexibility index (Phi) is 4.24. The van der Waals surface area contributed by atoms with Crippen molar-refractivity contribution in [3.05, 3.63) is 48.8 Å². The lowest BCUT2D eigenvalue weighted by atomic mass is 10.2. The smallest absolute Gasteiger partial charge is 0.119 e. The van der Waals surface area contributed by atoms with Crippen molar-refractivity contribution >= 4 is 11.9 Å². The molecule has 0 spiro atoms. The van der Waals surface area contributed by atoms with Crippen LogP contribution in [0.4, 0.5) is 5.69 Å². The van der Waals surface area contributed by atoms with Crippen molar-refractivity contribution in [2.45, 2.75) is 38.3 Å². The molecule has 21 heavy (non-hydrogen) atoms. The highest BCUT2D eigenvalue weighted by Crippen LogP contribution is 2.25. The van der Waals surface area contributed by atoms with Gasteiger partial charge in [-0.1, -0.05) is 6.58 Å². The van der Waals surface area contributed by atoms with Crippen LogP contribution in [0, 0.1) is 0 Å². The lowest BCUT2D eigenvalue weighted by Gasteiger charge is -2.13. The Morgan fingerprint density at radius 3 is 2.71 bits per heavy atom. The summed E-state index contributed by atoms with van der Waals surface area (Å²) in [6.45, 7) is 4.43. The summed E-state index contributed by atoms with van der Waals surface area (Å²) in [5, 5.41) is 7.53. The molecule has 4 nitrogen and oxygen atoms in total. The van der Waals surface area contributed by atoms with Gasteiger partial charge < -0.3 is 10.1 Å². The summed E-state index contributed by atoms with van der Waals surface area (Å²) in [6.07, 6.45) is 10.8. The van der Waals surface area contributed by atoms with Crippen molar-refractivity contribution in [1.29, 1.82) is 0 Å². The van der Waals surface area contributed by atoms with Gasteiger partial charge in [-0.2, -0.15) is 5.10 Å². The van der Waals surface area contributed by atoms with Gasteiger partial charge in [0.1, 0.15) is 5.75 Å². The third-order valence-corrected chi connectivity index (χ3v) is 3.80. The maximum Gasteiger partial charge on any atom is 0.119 e. The minimum Gasteiger partial charge on any atom is -0.490 e. The monoisotopic (exact) mass is 283 g/mol. The van der Waals surface area contributed by atoms with E-state index in [1.54, 1.807) is 10.9 Å². The van der Waals surface area contributed by atoms with Crippen LogP contribution in [0.15, 0.2) is 43.2 Å². The van der Waals surface area contributed by atoms with Crippen LogP contribution in [0.2, 0.25) is 0 Å². The van der Waals surface area contributed by atoms with Crippen LogP contribution in [0.3, 0.4) is 0 Å². The molecule has 0 bridgehead atoms. The largest absolute Gasteiger partial charge is 0.490 e. The zero-order chi connectivity index (χ0) is 14.5. The Hall–Kier alpha value is -2.23. The van der Waals surface area contributed by atoms with Gasteiger partial charge in [0.15, 0.2) is 0 Å². The van der Waals surface area contributed by atoms with Gasteiger partial charge in [0.25, 0.3) is 0 Å². The zero-order valence-electron chi connectivity index (χ0n) is 12.2. The molecule has 1 saturated carbocycles. The summed E-state index contributed by atoms with van der Waals surface area (Å²) in [6, 6.07) is 8.19. The maximum absolute atomic E-state index is 5.96. The first-order valence-corrected chi connectivity index (χ1v) is 7.49. The second-order valence-corrected chi connectivity index (χ2v) is 5.41. The highest BCUT2D eigenvalue weighted by molar-refractivity contribution is 5.46. The molecule has 1 heterocycles. The number of nitrogens with zero attached hydrogens (tertiary/aromatic N) is 2. The fraction of sp³-hybridized carbons (Fsp3) is 0.353. The van der Waals surface area contributed by atoms with Gasteiger partial charge in [0.05, 0.1) is 12.3 Å². The number of benzene rings is 1. The molecule has 0 radical (unpaired) electrons. The Bertz CT molecular complexity index is 582. The molecule has 0 unspecified atom stereocenters. The second kappa shape index (κ2) is 6.48. The van der Waals surface area contributed by atoms with Crippen molar-refractivity contribution in [3.8, 4) is 5.75 Å². The van der Waals surface area contributed by atoms with E-state index in [9.17, 15) is 0 Å². The minimum atomic E-state index is 0.411. The predicted molar refractivity (Wildman–Crippen MR) is 85.3 cm³/mol. The van der Waals surface area contributed by atoms with Gasteiger partial charge in [-0.25, -0.2) is 4.68 Å². The van der Waals surface area contributed by atoms with Gasteiger partial charge in [-0.05, 0) is 49.9 Å². The van der Waals surface area contributed by atoms with E-state index in [1.165, 1.54) is 25.7 Å². The lowest BCUT2D eigenvalue weighted by molar-refractivity contribution is 0.210. The van der Waals surface area contributed by atoms with E-state index in [1.807, 2.05) is 24.5 Å². The molecule has 4 heteroatoms. The fourth-order valence-corrected chi connectivity index (χ4v) is 2.62. The molecule has 0 saturated heterocycles. The van der Waals surface area contributed by atoms with E-state index in [0.29, 0.717) is 6.10 Å². The van der Waals surface area contributed by atoms with Crippen LogP contribution in [0.5, 0.6) is 5.75 Å². The van der Waals surface area contributed by atoms with Crippen LogP contribution < -0.4 is 10.1 Å². The Balaban J connectivity index is 1.52. The molecule has 3 rings (SSSR count). The fourth-order valence-electron chi connectivity index (χ4n) is 2.62. The Morgan fingerprint density at radius 1 is 1.29 bits per heavy atom. The second-order valence-electron chi connectivity index (χ2n) is 5.41. The standard InChI is InChI=1S/C17H21N3O/c1-2-20-13-14(12-19-20)11-18-15-7-9-17(10-8-15)21-16-5-3-4-6-16/h2,7-10,12-13,16,18H,1,3-6,11H2. The highest BCUT2D eigenvalue weighted by atomic mass is 16.5. The summed E-state index contributed by atoms with van der Waals surface area (Å²) in [7, 11) is 0. The van der Waals surface area contributed by atoms with Gasteiger partial charge in [-0.15, -0.1) is 0 Å². The Morgan fingerprint density at radius 2 is 2.05 bits per heavy atom. The molecule has 0 atom stereocenters. The van der Waals surface area contributed by atoms with Crippen molar-refractivity contribution in [2.24, 2.45) is 0 Å². The third-order valence-electron chi connectivity index (χ3n) is 3.80. The number of rotatable bonds is 6. The lowest BCUT2D eigenvalue weighted by Crippen LogP contribution is -2.10. The van der Waals surface area contributed by atoms with E-state index in [0.717, 1.165) is 23.5 Å². The van der Waals surface area contributed by atoms with Gasteiger partial charge in [0.2, 0.25) is 0 Å². The molecule has 2 aromatic rings. The van der Waals surface area contributed by atoms with Crippen molar-refractivity contribution in [3.63, 3.8) is 0 Å². The topological polar surface area (TPSA) is 39.1 Å². The van der Waals surface area contributed by atoms with E-state index in [4.69, 9.17) is 4.74 Å². The molecule has 1 fully saturated rings. The summed E-state index contributed by atoms with van der Waals surface area (Å²) in [5.41, 5.74) is 2.21. The van der Waals surface area contributed by atoms with Crippen LogP contribution in [-0.2, 0) is 6.54 Å². The molecule has 1 N–H and O–H groups in total. The molecular weight excluding hydrogens is 262 g/mol. The molecule has 0 amide bonds. The quantitative estimate of drug-likeness (QED) is 0.873. The number of hydrogen-bond donors (Lipinski definition) is 1.